The van der Waals surface area contributed by atoms with E-state index in [4.69, 9.17) is 14.2 Å². The lowest BCUT2D eigenvalue weighted by Crippen LogP contribution is -2.45. The summed E-state index contributed by atoms with van der Waals surface area (Å²) in [7, 11) is 1.65. The average molecular weight is 398 g/mol. The molecule has 1 N–H and O–H groups in total. The van der Waals surface area contributed by atoms with Crippen LogP contribution in [0.1, 0.15) is 28.8 Å². The molecule has 0 aliphatic carbocycles. The van der Waals surface area contributed by atoms with Gasteiger partial charge in [-0.05, 0) is 18.1 Å². The molecule has 8 nitrogen and oxygen atoms in total. The lowest BCUT2D eigenvalue weighted by molar-refractivity contribution is -0.169. The Hall–Kier alpha value is -2.71. The van der Waals surface area contributed by atoms with E-state index >= 15 is 0 Å². The number of nitrogens with zero attached hydrogens (tertiary/aromatic N) is 3. The Morgan fingerprint density at radius 1 is 1.17 bits per heavy atom. The van der Waals surface area contributed by atoms with Crippen LogP contribution in [0.5, 0.6) is 5.75 Å². The molecule has 8 heteroatoms. The van der Waals surface area contributed by atoms with Gasteiger partial charge in [0.25, 0.3) is 5.91 Å². The van der Waals surface area contributed by atoms with E-state index in [0.29, 0.717) is 37.7 Å². The number of piperidine rings is 1. The zero-order valence-electron chi connectivity index (χ0n) is 16.6. The molecule has 29 heavy (non-hydrogen) atoms. The average Bonchev–Trinajstić information content (AvgIpc) is 3.22. The van der Waals surface area contributed by atoms with Gasteiger partial charge >= 0.3 is 0 Å². The molecule has 2 fully saturated rings. The first-order valence-electron chi connectivity index (χ1n) is 9.94. The number of methoxy groups -OCH3 is 1. The van der Waals surface area contributed by atoms with Gasteiger partial charge in [0, 0.05) is 44.9 Å². The predicted octanol–water partition coefficient (Wildman–Crippen LogP) is 1.80. The van der Waals surface area contributed by atoms with Gasteiger partial charge in [-0.3, -0.25) is 4.79 Å². The molecular weight excluding hydrogens is 372 g/mol. The van der Waals surface area contributed by atoms with Crippen molar-refractivity contribution in [1.82, 2.24) is 15.3 Å². The highest BCUT2D eigenvalue weighted by Crippen LogP contribution is 2.32. The highest BCUT2D eigenvalue weighted by Gasteiger charge is 2.40. The number of hydrogen-bond donors (Lipinski definition) is 1. The normalized spacial score (nSPS) is 18.0. The maximum atomic E-state index is 12.4. The Morgan fingerprint density at radius 2 is 1.86 bits per heavy atom. The molecular formula is C21H26N4O4. The molecule has 2 aliphatic rings. The number of benzene rings is 1. The Balaban J connectivity index is 1.28. The lowest BCUT2D eigenvalue weighted by Gasteiger charge is -2.37. The zero-order valence-corrected chi connectivity index (χ0v) is 16.6. The summed E-state index contributed by atoms with van der Waals surface area (Å²) in [6.45, 7) is 3.37. The number of carbonyl (C=O) groups excluding carboxylic acids is 1. The number of para-hydroxylation sites is 1. The van der Waals surface area contributed by atoms with E-state index in [0.717, 1.165) is 37.2 Å². The van der Waals surface area contributed by atoms with Gasteiger partial charge in [0.15, 0.2) is 5.79 Å². The second kappa shape index (κ2) is 8.75. The highest BCUT2D eigenvalue weighted by atomic mass is 16.7. The second-order valence-corrected chi connectivity index (χ2v) is 7.18. The molecule has 0 radical (unpaired) electrons. The predicted molar refractivity (Wildman–Crippen MR) is 107 cm³/mol. The fourth-order valence-electron chi connectivity index (χ4n) is 3.76. The van der Waals surface area contributed by atoms with Crippen LogP contribution < -0.4 is 15.0 Å². The van der Waals surface area contributed by atoms with Gasteiger partial charge in [0.2, 0.25) is 5.95 Å². The van der Waals surface area contributed by atoms with Crippen molar-refractivity contribution in [2.45, 2.75) is 25.0 Å². The van der Waals surface area contributed by atoms with Gasteiger partial charge in [-0.2, -0.15) is 0 Å². The van der Waals surface area contributed by atoms with Crippen LogP contribution in [0.4, 0.5) is 5.95 Å². The van der Waals surface area contributed by atoms with Crippen LogP contribution >= 0.6 is 0 Å². The van der Waals surface area contributed by atoms with Gasteiger partial charge in [-0.15, -0.1) is 0 Å². The molecule has 3 heterocycles. The van der Waals surface area contributed by atoms with Crippen molar-refractivity contribution in [3.05, 3.63) is 47.8 Å². The molecule has 0 bridgehead atoms. The summed E-state index contributed by atoms with van der Waals surface area (Å²) in [6, 6.07) is 7.79. The van der Waals surface area contributed by atoms with Crippen LogP contribution in [0, 0.1) is 0 Å². The topological polar surface area (TPSA) is 85.8 Å². The minimum absolute atomic E-state index is 0.184. The summed E-state index contributed by atoms with van der Waals surface area (Å²) in [6.07, 6.45) is 5.43. The summed E-state index contributed by atoms with van der Waals surface area (Å²) in [5, 5.41) is 2.91. The monoisotopic (exact) mass is 398 g/mol. The minimum atomic E-state index is -0.419. The Morgan fingerprint density at radius 3 is 2.55 bits per heavy atom. The number of carbonyl (C=O) groups is 1. The number of amides is 1. The van der Waals surface area contributed by atoms with Gasteiger partial charge in [-0.25, -0.2) is 9.97 Å². The van der Waals surface area contributed by atoms with Crippen molar-refractivity contribution in [3.8, 4) is 5.75 Å². The highest BCUT2D eigenvalue weighted by molar-refractivity contribution is 5.93. The molecule has 0 unspecified atom stereocenters. The number of ether oxygens (including phenoxy) is 3. The fraction of sp³-hybridized carbons (Fsp3) is 0.476. The van der Waals surface area contributed by atoms with Crippen molar-refractivity contribution in [1.29, 1.82) is 0 Å². The number of hydrogen-bond acceptors (Lipinski definition) is 7. The summed E-state index contributed by atoms with van der Waals surface area (Å²) in [5.74, 6) is 0.851. The van der Waals surface area contributed by atoms with Gasteiger partial charge in [0.1, 0.15) is 5.75 Å². The third-order valence-corrected chi connectivity index (χ3v) is 5.39. The summed E-state index contributed by atoms with van der Waals surface area (Å²) < 4.78 is 16.8. The first-order chi connectivity index (χ1) is 14.2. The zero-order chi connectivity index (χ0) is 20.1. The van der Waals surface area contributed by atoms with Crippen LogP contribution in [0.15, 0.2) is 36.7 Å². The van der Waals surface area contributed by atoms with E-state index in [1.807, 2.05) is 24.3 Å². The molecule has 1 spiro atoms. The van der Waals surface area contributed by atoms with Crippen molar-refractivity contribution in [2.75, 3.05) is 44.9 Å². The fourth-order valence-corrected chi connectivity index (χ4v) is 3.76. The minimum Gasteiger partial charge on any atom is -0.496 e. The standard InChI is InChI=1S/C21H26N4O4/c1-27-18-5-3-2-4-16(18)6-9-22-19(26)17-14-23-20(24-15-17)25-10-7-21(8-11-25)28-12-13-29-21/h2-5,14-15H,6-13H2,1H3,(H,22,26). The van der Waals surface area contributed by atoms with E-state index in [2.05, 4.69) is 20.2 Å². The first kappa shape index (κ1) is 19.6. The molecule has 154 valence electrons. The lowest BCUT2D eigenvalue weighted by atomic mass is 10.0. The Labute approximate surface area is 170 Å². The van der Waals surface area contributed by atoms with E-state index in [1.165, 1.54) is 0 Å². The Kier molecular flexibility index (Phi) is 5.92. The van der Waals surface area contributed by atoms with Gasteiger partial charge in [0.05, 0.1) is 25.9 Å². The van der Waals surface area contributed by atoms with Crippen molar-refractivity contribution >= 4 is 11.9 Å². The summed E-state index contributed by atoms with van der Waals surface area (Å²) in [5.41, 5.74) is 1.50. The van der Waals surface area contributed by atoms with E-state index in [1.54, 1.807) is 19.5 Å². The number of rotatable bonds is 6. The molecule has 1 aromatic heterocycles. The first-order valence-corrected chi connectivity index (χ1v) is 9.94. The molecule has 2 aliphatic heterocycles. The van der Waals surface area contributed by atoms with Crippen molar-refractivity contribution < 1.29 is 19.0 Å². The van der Waals surface area contributed by atoms with Crippen LogP contribution in [-0.4, -0.2) is 61.6 Å². The number of nitrogens with one attached hydrogen (secondary N) is 1. The molecule has 2 saturated heterocycles. The Bertz CT molecular complexity index is 827. The molecule has 2 aromatic rings. The second-order valence-electron chi connectivity index (χ2n) is 7.18. The van der Waals surface area contributed by atoms with Gasteiger partial charge in [-0.1, -0.05) is 18.2 Å². The summed E-state index contributed by atoms with van der Waals surface area (Å²) >= 11 is 0. The van der Waals surface area contributed by atoms with E-state index in [9.17, 15) is 4.79 Å². The molecule has 0 atom stereocenters. The van der Waals surface area contributed by atoms with E-state index in [-0.39, 0.29) is 5.91 Å². The SMILES string of the molecule is COc1ccccc1CCNC(=O)c1cnc(N2CCC3(CC2)OCCO3)nc1. The van der Waals surface area contributed by atoms with Crippen molar-refractivity contribution in [2.24, 2.45) is 0 Å². The van der Waals surface area contributed by atoms with Crippen molar-refractivity contribution in [3.63, 3.8) is 0 Å². The number of aromatic nitrogens is 2. The van der Waals surface area contributed by atoms with E-state index < -0.39 is 5.79 Å². The number of anilines is 1. The molecule has 0 saturated carbocycles. The molecule has 1 amide bonds. The maximum Gasteiger partial charge on any atom is 0.254 e. The molecule has 1 aromatic carbocycles. The quantitative estimate of drug-likeness (QED) is 0.794. The van der Waals surface area contributed by atoms with Crippen LogP contribution in [0.25, 0.3) is 0 Å². The van der Waals surface area contributed by atoms with Crippen LogP contribution in [0.3, 0.4) is 0 Å². The molecule has 4 rings (SSSR count). The smallest absolute Gasteiger partial charge is 0.254 e. The van der Waals surface area contributed by atoms with Crippen LogP contribution in [-0.2, 0) is 15.9 Å². The maximum absolute atomic E-state index is 12.4. The van der Waals surface area contributed by atoms with Gasteiger partial charge < -0.3 is 24.4 Å². The third-order valence-electron chi connectivity index (χ3n) is 5.39. The van der Waals surface area contributed by atoms with Crippen LogP contribution in [0.2, 0.25) is 0 Å². The largest absolute Gasteiger partial charge is 0.496 e. The third kappa shape index (κ3) is 4.49. The summed E-state index contributed by atoms with van der Waals surface area (Å²) in [4.78, 5) is 23.2.